The zero-order valence-electron chi connectivity index (χ0n) is 20.6. The van der Waals surface area contributed by atoms with Crippen LogP contribution in [-0.4, -0.2) is 41.3 Å². The molecule has 2 amide bonds. The van der Waals surface area contributed by atoms with Crippen molar-refractivity contribution in [2.75, 3.05) is 25.1 Å². The zero-order chi connectivity index (χ0) is 26.0. The highest BCUT2D eigenvalue weighted by Gasteiger charge is 2.27. The first-order chi connectivity index (χ1) is 18.1. The summed E-state index contributed by atoms with van der Waals surface area (Å²) in [5.74, 6) is 0.558. The molecular formula is C27H29N5O4S. The number of hydrogen-bond donors (Lipinski definition) is 2. The number of thiophene rings is 1. The molecule has 0 saturated carbocycles. The zero-order valence-corrected chi connectivity index (χ0v) is 21.4. The summed E-state index contributed by atoms with van der Waals surface area (Å²) in [6.07, 6.45) is 10.1. The fraction of sp³-hybridized carbons (Fsp3) is 0.333. The number of anilines is 1. The van der Waals surface area contributed by atoms with Gasteiger partial charge in [-0.05, 0) is 49.8 Å². The van der Waals surface area contributed by atoms with E-state index in [1.54, 1.807) is 18.6 Å². The van der Waals surface area contributed by atoms with Crippen molar-refractivity contribution < 1.29 is 19.1 Å². The number of rotatable bonds is 10. The Labute approximate surface area is 219 Å². The van der Waals surface area contributed by atoms with Crippen LogP contribution in [0.15, 0.2) is 49.1 Å². The molecule has 10 heteroatoms. The Bertz CT molecular complexity index is 1290. The van der Waals surface area contributed by atoms with Gasteiger partial charge in [-0.25, -0.2) is 9.78 Å². The van der Waals surface area contributed by atoms with Crippen molar-refractivity contribution in [2.24, 2.45) is 5.92 Å². The van der Waals surface area contributed by atoms with E-state index in [4.69, 9.17) is 9.47 Å². The maximum Gasteiger partial charge on any atom is 0.407 e. The second-order valence-electron chi connectivity index (χ2n) is 8.55. The minimum absolute atomic E-state index is 0.163. The number of alkyl carbamates (subject to hydrolysis) is 1. The van der Waals surface area contributed by atoms with Crippen molar-refractivity contribution in [1.82, 2.24) is 14.9 Å². The number of ether oxygens (including phenoxy) is 2. The van der Waals surface area contributed by atoms with E-state index in [0.29, 0.717) is 55.5 Å². The number of carbonyl (C=O) groups is 2. The summed E-state index contributed by atoms with van der Waals surface area (Å²) in [7, 11) is 0. The van der Waals surface area contributed by atoms with Gasteiger partial charge in [-0.2, -0.15) is 5.26 Å². The standard InChI is InChI=1S/C27H29N5O4S/c1-2-35-23-6-4-3-5-20(23)8-10-25(33)31-26-22(16-28)21-9-7-19(15-24(21)37-26)17-36-27(34)30-12-14-32-13-11-29-18-32/h3-6,8,10-11,13,18-19H,2,7,9,12,14-15,17H2,1H3,(H,30,34)(H,31,33). The predicted octanol–water partition coefficient (Wildman–Crippen LogP) is 4.40. The van der Waals surface area contributed by atoms with Gasteiger partial charge in [0.05, 0.1) is 25.1 Å². The van der Waals surface area contributed by atoms with Gasteiger partial charge in [-0.3, -0.25) is 4.79 Å². The van der Waals surface area contributed by atoms with Gasteiger partial charge in [0, 0.05) is 42.0 Å². The molecule has 9 nitrogen and oxygen atoms in total. The van der Waals surface area contributed by atoms with E-state index in [2.05, 4.69) is 21.7 Å². The third-order valence-corrected chi connectivity index (χ3v) is 7.17. The van der Waals surface area contributed by atoms with E-state index < -0.39 is 6.09 Å². The summed E-state index contributed by atoms with van der Waals surface area (Å²) in [5.41, 5.74) is 2.31. The summed E-state index contributed by atoms with van der Waals surface area (Å²) < 4.78 is 12.9. The largest absolute Gasteiger partial charge is 0.493 e. The third kappa shape index (κ3) is 6.98. The van der Waals surface area contributed by atoms with Gasteiger partial charge in [0.1, 0.15) is 16.8 Å². The molecule has 0 aliphatic heterocycles. The molecule has 1 aliphatic rings. The number of imidazole rings is 1. The first-order valence-corrected chi connectivity index (χ1v) is 13.0. The maximum atomic E-state index is 12.6. The molecule has 0 spiro atoms. The smallest absolute Gasteiger partial charge is 0.407 e. The van der Waals surface area contributed by atoms with E-state index in [1.165, 1.54) is 17.4 Å². The Morgan fingerprint density at radius 3 is 3.00 bits per heavy atom. The van der Waals surface area contributed by atoms with Crippen LogP contribution in [0.3, 0.4) is 0 Å². The van der Waals surface area contributed by atoms with Gasteiger partial charge in [0.2, 0.25) is 5.91 Å². The normalized spacial score (nSPS) is 14.5. The van der Waals surface area contributed by atoms with Crippen LogP contribution in [-0.2, 0) is 28.9 Å². The Balaban J connectivity index is 1.31. The van der Waals surface area contributed by atoms with E-state index in [0.717, 1.165) is 22.4 Å². The highest BCUT2D eigenvalue weighted by Crippen LogP contribution is 2.39. The molecule has 192 valence electrons. The summed E-state index contributed by atoms with van der Waals surface area (Å²) >= 11 is 1.42. The Hall–Kier alpha value is -4.10. The van der Waals surface area contributed by atoms with Crippen LogP contribution in [0.1, 0.15) is 34.9 Å². The first kappa shape index (κ1) is 26.0. The number of nitrogens with one attached hydrogen (secondary N) is 2. The van der Waals surface area contributed by atoms with Crippen molar-refractivity contribution in [3.05, 3.63) is 70.6 Å². The minimum atomic E-state index is -0.444. The van der Waals surface area contributed by atoms with Gasteiger partial charge in [-0.15, -0.1) is 11.3 Å². The fourth-order valence-corrected chi connectivity index (χ4v) is 5.49. The highest BCUT2D eigenvalue weighted by molar-refractivity contribution is 7.16. The lowest BCUT2D eigenvalue weighted by Crippen LogP contribution is -2.30. The van der Waals surface area contributed by atoms with Crippen LogP contribution in [0.2, 0.25) is 0 Å². The van der Waals surface area contributed by atoms with Gasteiger partial charge in [0.25, 0.3) is 0 Å². The number of aromatic nitrogens is 2. The Kier molecular flexibility index (Phi) is 8.94. The van der Waals surface area contributed by atoms with Crippen LogP contribution in [0.5, 0.6) is 5.75 Å². The number of hydrogen-bond acceptors (Lipinski definition) is 7. The van der Waals surface area contributed by atoms with Crippen LogP contribution >= 0.6 is 11.3 Å². The van der Waals surface area contributed by atoms with E-state index >= 15 is 0 Å². The SMILES string of the molecule is CCOc1ccccc1C=CC(=O)Nc1sc2c(c1C#N)CCC(COC(=O)NCCn1ccnc1)C2. The Morgan fingerprint density at radius 1 is 1.35 bits per heavy atom. The predicted molar refractivity (Wildman–Crippen MR) is 141 cm³/mol. The molecule has 1 unspecified atom stereocenters. The molecule has 1 aliphatic carbocycles. The molecule has 0 radical (unpaired) electrons. The van der Waals surface area contributed by atoms with Crippen molar-refractivity contribution in [1.29, 1.82) is 5.26 Å². The minimum Gasteiger partial charge on any atom is -0.493 e. The molecule has 1 atom stereocenters. The topological polar surface area (TPSA) is 118 Å². The second-order valence-corrected chi connectivity index (χ2v) is 9.65. The molecule has 2 heterocycles. The molecule has 0 fully saturated rings. The monoisotopic (exact) mass is 519 g/mol. The summed E-state index contributed by atoms with van der Waals surface area (Å²) in [6, 6.07) is 9.75. The number of amides is 2. The lowest BCUT2D eigenvalue weighted by atomic mass is 9.88. The molecule has 37 heavy (non-hydrogen) atoms. The average molecular weight is 520 g/mol. The quantitative estimate of drug-likeness (QED) is 0.384. The number of carbonyl (C=O) groups excluding carboxylic acids is 2. The lowest BCUT2D eigenvalue weighted by Gasteiger charge is -2.21. The molecule has 2 aromatic heterocycles. The summed E-state index contributed by atoms with van der Waals surface area (Å²) in [5, 5.41) is 15.9. The van der Waals surface area contributed by atoms with Crippen molar-refractivity contribution in [3.63, 3.8) is 0 Å². The van der Waals surface area contributed by atoms with Crippen LogP contribution < -0.4 is 15.4 Å². The number of benzene rings is 1. The van der Waals surface area contributed by atoms with Crippen LogP contribution in [0, 0.1) is 17.2 Å². The third-order valence-electron chi connectivity index (χ3n) is 6.00. The number of nitrogens with zero attached hydrogens (tertiary/aromatic N) is 3. The van der Waals surface area contributed by atoms with Crippen LogP contribution in [0.4, 0.5) is 9.80 Å². The molecule has 0 bridgehead atoms. The summed E-state index contributed by atoms with van der Waals surface area (Å²) in [6.45, 7) is 3.82. The van der Waals surface area contributed by atoms with Gasteiger partial charge < -0.3 is 24.7 Å². The maximum absolute atomic E-state index is 12.6. The van der Waals surface area contributed by atoms with Crippen molar-refractivity contribution in [3.8, 4) is 11.8 Å². The average Bonchev–Trinajstić information content (AvgIpc) is 3.54. The molecule has 1 aromatic carbocycles. The van der Waals surface area contributed by atoms with Gasteiger partial charge >= 0.3 is 6.09 Å². The molecule has 0 saturated heterocycles. The summed E-state index contributed by atoms with van der Waals surface area (Å²) in [4.78, 5) is 29.7. The van der Waals surface area contributed by atoms with Gasteiger partial charge in [0.15, 0.2) is 0 Å². The number of nitriles is 1. The number of fused-ring (bicyclic) bond motifs is 1. The van der Waals surface area contributed by atoms with E-state index in [-0.39, 0.29) is 11.8 Å². The van der Waals surface area contributed by atoms with E-state index in [9.17, 15) is 14.9 Å². The van der Waals surface area contributed by atoms with Crippen LogP contribution in [0.25, 0.3) is 6.08 Å². The first-order valence-electron chi connectivity index (χ1n) is 12.2. The molecule has 4 rings (SSSR count). The number of para-hydroxylation sites is 1. The molecule has 3 aromatic rings. The van der Waals surface area contributed by atoms with Gasteiger partial charge in [-0.1, -0.05) is 18.2 Å². The van der Waals surface area contributed by atoms with Crippen molar-refractivity contribution in [2.45, 2.75) is 32.7 Å². The van der Waals surface area contributed by atoms with Crippen molar-refractivity contribution >= 4 is 34.4 Å². The molecular weight excluding hydrogens is 490 g/mol. The lowest BCUT2D eigenvalue weighted by molar-refractivity contribution is -0.111. The molecule has 2 N–H and O–H groups in total. The fourth-order valence-electron chi connectivity index (χ4n) is 4.18. The van der Waals surface area contributed by atoms with E-state index in [1.807, 2.05) is 42.0 Å². The Morgan fingerprint density at radius 2 is 2.22 bits per heavy atom. The second kappa shape index (κ2) is 12.7. The highest BCUT2D eigenvalue weighted by atomic mass is 32.1.